The van der Waals surface area contributed by atoms with Crippen LogP contribution in [-0.2, 0) is 4.74 Å². The zero-order valence-electron chi connectivity index (χ0n) is 15.5. The van der Waals surface area contributed by atoms with Gasteiger partial charge >= 0.3 is 0 Å². The monoisotopic (exact) mass is 382 g/mol. The lowest BCUT2D eigenvalue weighted by Gasteiger charge is -2.31. The highest BCUT2D eigenvalue weighted by Crippen LogP contribution is 2.25. The van der Waals surface area contributed by atoms with Crippen molar-refractivity contribution in [3.8, 4) is 5.75 Å². The normalized spacial score (nSPS) is 18.2. The number of H-pyrrole nitrogens is 1. The van der Waals surface area contributed by atoms with Crippen molar-refractivity contribution in [2.75, 3.05) is 36.5 Å². The molecule has 0 radical (unpaired) electrons. The van der Waals surface area contributed by atoms with E-state index in [1.54, 1.807) is 12.1 Å². The lowest BCUT2D eigenvalue weighted by molar-refractivity contribution is 0.0211. The minimum absolute atomic E-state index is 0.145. The second-order valence-corrected chi connectivity index (χ2v) is 7.43. The highest BCUT2D eigenvalue weighted by molar-refractivity contribution is 5.81. The third-order valence-corrected chi connectivity index (χ3v) is 5.34. The summed E-state index contributed by atoms with van der Waals surface area (Å²) in [5.74, 6) is 1.38. The Labute approximate surface area is 162 Å². The van der Waals surface area contributed by atoms with Crippen LogP contribution in [0.1, 0.15) is 12.8 Å². The van der Waals surface area contributed by atoms with Crippen LogP contribution in [0, 0.1) is 5.82 Å². The molecule has 146 valence electrons. The maximum absolute atomic E-state index is 13.0. The highest BCUT2D eigenvalue weighted by Gasteiger charge is 2.23. The molecule has 0 unspecified atom stereocenters. The molecule has 7 heteroatoms. The Bertz CT molecular complexity index is 947. The highest BCUT2D eigenvalue weighted by atomic mass is 19.1. The molecule has 28 heavy (non-hydrogen) atoms. The van der Waals surface area contributed by atoms with Crippen LogP contribution in [0.25, 0.3) is 11.0 Å². The molecule has 0 aliphatic carbocycles. The third kappa shape index (κ3) is 3.62. The molecule has 0 amide bonds. The second kappa shape index (κ2) is 7.31. The van der Waals surface area contributed by atoms with Crippen molar-refractivity contribution in [2.45, 2.75) is 25.0 Å². The molecule has 2 N–H and O–H groups in total. The SMILES string of the molecule is Fc1ccc(OC2CCN(c3nc4ccc(NC5COC5)cc4[nH]3)CC2)cc1. The Hall–Kier alpha value is -2.80. The summed E-state index contributed by atoms with van der Waals surface area (Å²) in [4.78, 5) is 10.5. The molecule has 0 atom stereocenters. The summed E-state index contributed by atoms with van der Waals surface area (Å²) in [6.45, 7) is 3.27. The molecule has 0 bridgehead atoms. The number of hydrogen-bond acceptors (Lipinski definition) is 5. The van der Waals surface area contributed by atoms with Crippen molar-refractivity contribution in [2.24, 2.45) is 0 Å². The van der Waals surface area contributed by atoms with E-state index in [4.69, 9.17) is 14.5 Å². The van der Waals surface area contributed by atoms with Gasteiger partial charge in [0.25, 0.3) is 0 Å². The zero-order chi connectivity index (χ0) is 18.9. The fraction of sp³-hybridized carbons (Fsp3) is 0.381. The van der Waals surface area contributed by atoms with Crippen LogP contribution in [0.4, 0.5) is 16.0 Å². The van der Waals surface area contributed by atoms with Crippen molar-refractivity contribution in [1.82, 2.24) is 9.97 Å². The summed E-state index contributed by atoms with van der Waals surface area (Å²) in [7, 11) is 0. The number of nitrogens with zero attached hydrogens (tertiary/aromatic N) is 2. The average molecular weight is 382 g/mol. The van der Waals surface area contributed by atoms with Gasteiger partial charge < -0.3 is 24.7 Å². The van der Waals surface area contributed by atoms with Gasteiger partial charge in [0.1, 0.15) is 17.7 Å². The van der Waals surface area contributed by atoms with Gasteiger partial charge in [0, 0.05) is 31.6 Å². The van der Waals surface area contributed by atoms with Gasteiger partial charge in [-0.1, -0.05) is 0 Å². The van der Waals surface area contributed by atoms with Crippen molar-refractivity contribution < 1.29 is 13.9 Å². The Kier molecular flexibility index (Phi) is 4.52. The van der Waals surface area contributed by atoms with Crippen molar-refractivity contribution in [3.05, 3.63) is 48.3 Å². The predicted molar refractivity (Wildman–Crippen MR) is 107 cm³/mol. The van der Waals surface area contributed by atoms with E-state index in [1.807, 2.05) is 6.07 Å². The smallest absolute Gasteiger partial charge is 0.203 e. The number of imidazole rings is 1. The van der Waals surface area contributed by atoms with Crippen LogP contribution in [0.3, 0.4) is 0 Å². The van der Waals surface area contributed by atoms with Gasteiger partial charge in [-0.05, 0) is 42.5 Å². The summed E-state index contributed by atoms with van der Waals surface area (Å²) in [6.07, 6.45) is 1.96. The molecular formula is C21H23FN4O2. The van der Waals surface area contributed by atoms with E-state index in [0.717, 1.165) is 67.6 Å². The summed E-state index contributed by atoms with van der Waals surface area (Å²) in [5.41, 5.74) is 3.09. The Morgan fingerprint density at radius 2 is 1.89 bits per heavy atom. The number of aromatic amines is 1. The minimum atomic E-state index is -0.244. The number of halogens is 1. The molecule has 3 heterocycles. The number of hydrogen-bond donors (Lipinski definition) is 2. The zero-order valence-corrected chi connectivity index (χ0v) is 15.5. The molecule has 3 aromatic rings. The maximum Gasteiger partial charge on any atom is 0.203 e. The van der Waals surface area contributed by atoms with Gasteiger partial charge in [0.2, 0.25) is 5.95 Å². The number of rotatable bonds is 5. The van der Waals surface area contributed by atoms with Gasteiger partial charge in [0.15, 0.2) is 0 Å². The molecule has 2 aliphatic heterocycles. The number of benzene rings is 2. The van der Waals surface area contributed by atoms with E-state index in [2.05, 4.69) is 27.3 Å². The van der Waals surface area contributed by atoms with Gasteiger partial charge in [-0.25, -0.2) is 9.37 Å². The largest absolute Gasteiger partial charge is 0.490 e. The van der Waals surface area contributed by atoms with Crippen molar-refractivity contribution in [1.29, 1.82) is 0 Å². The molecule has 0 spiro atoms. The van der Waals surface area contributed by atoms with Crippen LogP contribution < -0.4 is 15.0 Å². The molecule has 1 aromatic heterocycles. The molecule has 2 saturated heterocycles. The third-order valence-electron chi connectivity index (χ3n) is 5.34. The fourth-order valence-corrected chi connectivity index (χ4v) is 3.68. The first kappa shape index (κ1) is 17.3. The average Bonchev–Trinajstić information content (AvgIpc) is 3.10. The lowest BCUT2D eigenvalue weighted by Crippen LogP contribution is -2.40. The Morgan fingerprint density at radius 3 is 2.61 bits per heavy atom. The molecule has 2 aliphatic rings. The van der Waals surface area contributed by atoms with Crippen LogP contribution >= 0.6 is 0 Å². The van der Waals surface area contributed by atoms with Gasteiger partial charge in [-0.2, -0.15) is 0 Å². The van der Waals surface area contributed by atoms with Crippen LogP contribution in [0.2, 0.25) is 0 Å². The molecular weight excluding hydrogens is 359 g/mol. The molecule has 2 aromatic carbocycles. The van der Waals surface area contributed by atoms with Crippen molar-refractivity contribution >= 4 is 22.7 Å². The summed E-state index contributed by atoms with van der Waals surface area (Å²) < 4.78 is 24.2. The number of fused-ring (bicyclic) bond motifs is 1. The number of anilines is 2. The van der Waals surface area contributed by atoms with E-state index in [9.17, 15) is 4.39 Å². The van der Waals surface area contributed by atoms with E-state index >= 15 is 0 Å². The quantitative estimate of drug-likeness (QED) is 0.707. The number of ether oxygens (including phenoxy) is 2. The summed E-state index contributed by atoms with van der Waals surface area (Å²) >= 11 is 0. The molecule has 6 nitrogen and oxygen atoms in total. The molecule has 5 rings (SSSR count). The molecule has 0 saturated carbocycles. The van der Waals surface area contributed by atoms with E-state index < -0.39 is 0 Å². The van der Waals surface area contributed by atoms with Crippen LogP contribution in [-0.4, -0.2) is 48.4 Å². The second-order valence-electron chi connectivity index (χ2n) is 7.43. The van der Waals surface area contributed by atoms with Crippen LogP contribution in [0.15, 0.2) is 42.5 Å². The number of nitrogens with one attached hydrogen (secondary N) is 2. The first-order chi connectivity index (χ1) is 13.7. The van der Waals surface area contributed by atoms with E-state index in [1.165, 1.54) is 12.1 Å². The lowest BCUT2D eigenvalue weighted by atomic mass is 10.1. The van der Waals surface area contributed by atoms with E-state index in [0.29, 0.717) is 6.04 Å². The minimum Gasteiger partial charge on any atom is -0.490 e. The first-order valence-electron chi connectivity index (χ1n) is 9.74. The summed E-state index contributed by atoms with van der Waals surface area (Å²) in [6, 6.07) is 12.8. The topological polar surface area (TPSA) is 62.4 Å². The summed E-state index contributed by atoms with van der Waals surface area (Å²) in [5, 5.41) is 3.47. The number of piperidine rings is 1. The predicted octanol–water partition coefficient (Wildman–Crippen LogP) is 3.56. The van der Waals surface area contributed by atoms with Crippen molar-refractivity contribution in [3.63, 3.8) is 0 Å². The molecule has 2 fully saturated rings. The Morgan fingerprint density at radius 1 is 1.11 bits per heavy atom. The Balaban J connectivity index is 1.21. The van der Waals surface area contributed by atoms with Gasteiger partial charge in [-0.3, -0.25) is 0 Å². The maximum atomic E-state index is 13.0. The fourth-order valence-electron chi connectivity index (χ4n) is 3.68. The first-order valence-corrected chi connectivity index (χ1v) is 9.74. The van der Waals surface area contributed by atoms with Crippen LogP contribution in [0.5, 0.6) is 5.75 Å². The van der Waals surface area contributed by atoms with Gasteiger partial charge in [0.05, 0.1) is 30.3 Å². The number of aromatic nitrogens is 2. The van der Waals surface area contributed by atoms with Gasteiger partial charge in [-0.15, -0.1) is 0 Å². The standard InChI is InChI=1S/C21H23FN4O2/c22-14-1-4-17(5-2-14)28-18-7-9-26(10-8-18)21-24-19-6-3-15(11-20(19)25-21)23-16-12-27-13-16/h1-6,11,16,18,23H,7-10,12-13H2,(H,24,25). The van der Waals surface area contributed by atoms with E-state index in [-0.39, 0.29) is 11.9 Å².